The Morgan fingerprint density at radius 3 is 2.69 bits per heavy atom. The van der Waals surface area contributed by atoms with E-state index in [4.69, 9.17) is 4.74 Å². The van der Waals surface area contributed by atoms with Gasteiger partial charge in [0.1, 0.15) is 17.3 Å². The number of halogens is 3. The third-order valence-electron chi connectivity index (χ3n) is 5.68. The van der Waals surface area contributed by atoms with E-state index in [-0.39, 0.29) is 11.4 Å². The second-order valence-electron chi connectivity index (χ2n) is 7.77. The number of amides is 1. The van der Waals surface area contributed by atoms with Crippen LogP contribution in [-0.4, -0.2) is 47.5 Å². The van der Waals surface area contributed by atoms with E-state index in [0.717, 1.165) is 18.9 Å². The highest BCUT2D eigenvalue weighted by molar-refractivity contribution is 5.94. The minimum absolute atomic E-state index is 0.0161. The van der Waals surface area contributed by atoms with Crippen molar-refractivity contribution in [3.63, 3.8) is 0 Å². The van der Waals surface area contributed by atoms with E-state index in [2.05, 4.69) is 15.3 Å². The molecule has 1 N–H and O–H groups in total. The van der Waals surface area contributed by atoms with Gasteiger partial charge < -0.3 is 15.0 Å². The van der Waals surface area contributed by atoms with Crippen molar-refractivity contribution in [1.29, 1.82) is 0 Å². The quantitative estimate of drug-likeness (QED) is 0.622. The number of fused-ring (bicyclic) bond motifs is 1. The maximum absolute atomic E-state index is 12.9. The lowest BCUT2D eigenvalue weighted by atomic mass is 9.96. The van der Waals surface area contributed by atoms with Gasteiger partial charge in [0.15, 0.2) is 0 Å². The van der Waals surface area contributed by atoms with Gasteiger partial charge in [-0.15, -0.1) is 0 Å². The van der Waals surface area contributed by atoms with Crippen LogP contribution in [0.2, 0.25) is 0 Å². The molecular weight excluding hydrogens is 421 g/mol. The van der Waals surface area contributed by atoms with Crippen LogP contribution in [0.5, 0.6) is 5.75 Å². The van der Waals surface area contributed by atoms with E-state index >= 15 is 0 Å². The van der Waals surface area contributed by atoms with Crippen LogP contribution >= 0.6 is 0 Å². The van der Waals surface area contributed by atoms with E-state index in [1.165, 1.54) is 18.3 Å². The summed E-state index contributed by atoms with van der Waals surface area (Å²) in [6, 6.07) is 11.0. The van der Waals surface area contributed by atoms with Crippen molar-refractivity contribution >= 4 is 22.6 Å². The van der Waals surface area contributed by atoms with E-state index < -0.39 is 11.9 Å². The molecule has 1 aliphatic heterocycles. The van der Waals surface area contributed by atoms with E-state index in [0.29, 0.717) is 48.1 Å². The summed E-state index contributed by atoms with van der Waals surface area (Å²) in [6.07, 6.45) is -1.39. The zero-order valence-electron chi connectivity index (χ0n) is 17.5. The van der Waals surface area contributed by atoms with Crippen LogP contribution in [0.4, 0.5) is 19.0 Å². The molecule has 9 heteroatoms. The number of benzene rings is 1. The normalized spacial score (nSPS) is 15.1. The number of piperidine rings is 1. The summed E-state index contributed by atoms with van der Waals surface area (Å²) in [6.45, 7) is 1.90. The van der Waals surface area contributed by atoms with Gasteiger partial charge in [-0.05, 0) is 55.2 Å². The minimum Gasteiger partial charge on any atom is -0.497 e. The first-order valence-electron chi connectivity index (χ1n) is 10.4. The zero-order valence-corrected chi connectivity index (χ0v) is 17.5. The highest BCUT2D eigenvalue weighted by Crippen LogP contribution is 2.30. The third-order valence-corrected chi connectivity index (χ3v) is 5.68. The number of nitrogens with zero attached hydrogens (tertiary/aromatic N) is 3. The van der Waals surface area contributed by atoms with Crippen LogP contribution in [0, 0.1) is 5.92 Å². The summed E-state index contributed by atoms with van der Waals surface area (Å²) in [5, 5.41) is 3.80. The molecule has 3 aromatic rings. The molecule has 1 saturated heterocycles. The molecular formula is C23H23F3N4O2. The van der Waals surface area contributed by atoms with Crippen molar-refractivity contribution in [2.45, 2.75) is 19.0 Å². The highest BCUT2D eigenvalue weighted by atomic mass is 19.4. The molecule has 1 amide bonds. The Balaban J connectivity index is 1.36. The molecule has 1 fully saturated rings. The number of hydrogen-bond donors (Lipinski definition) is 1. The Kier molecular flexibility index (Phi) is 6.16. The summed E-state index contributed by atoms with van der Waals surface area (Å²) in [5.74, 6) is 1.47. The summed E-state index contributed by atoms with van der Waals surface area (Å²) in [4.78, 5) is 22.6. The molecule has 6 nitrogen and oxygen atoms in total. The van der Waals surface area contributed by atoms with E-state index in [9.17, 15) is 18.0 Å². The molecule has 0 aliphatic carbocycles. The number of carbonyl (C=O) groups is 1. The molecule has 0 saturated carbocycles. The van der Waals surface area contributed by atoms with Crippen molar-refractivity contribution in [2.24, 2.45) is 5.92 Å². The Bertz CT molecular complexity index is 1110. The topological polar surface area (TPSA) is 67.3 Å². The number of alkyl halides is 3. The number of anilines is 1. The molecule has 0 radical (unpaired) electrons. The number of likely N-dealkylation sites (tertiary alicyclic amines) is 1. The lowest BCUT2D eigenvalue weighted by molar-refractivity contribution is -0.140. The SMILES string of the molecule is COc1cccc(C(=O)N2CCC(CNc3nccc4nc(C(F)(F)F)ccc34)CC2)c1. The molecule has 32 heavy (non-hydrogen) atoms. The van der Waals surface area contributed by atoms with Gasteiger partial charge >= 0.3 is 6.18 Å². The molecule has 1 aromatic carbocycles. The standard InChI is InChI=1S/C23H23F3N4O2/c1-32-17-4-2-3-16(13-17)22(31)30-11-8-15(9-12-30)14-28-21-18-5-6-20(23(24,25)26)29-19(18)7-10-27-21/h2-7,10,13,15H,8-9,11-12,14H2,1H3,(H,27,28). The molecule has 0 spiro atoms. The summed E-state index contributed by atoms with van der Waals surface area (Å²) in [7, 11) is 1.57. The second kappa shape index (κ2) is 9.02. The second-order valence-corrected chi connectivity index (χ2v) is 7.77. The fourth-order valence-corrected chi connectivity index (χ4v) is 3.87. The van der Waals surface area contributed by atoms with Crippen molar-refractivity contribution in [3.05, 3.63) is 59.9 Å². The smallest absolute Gasteiger partial charge is 0.433 e. The summed E-state index contributed by atoms with van der Waals surface area (Å²) in [5.41, 5.74) is -0.0714. The predicted octanol–water partition coefficient (Wildman–Crippen LogP) is 4.62. The molecule has 3 heterocycles. The first-order valence-corrected chi connectivity index (χ1v) is 10.4. The van der Waals surface area contributed by atoms with Crippen LogP contribution < -0.4 is 10.1 Å². The van der Waals surface area contributed by atoms with Crippen LogP contribution in [0.15, 0.2) is 48.7 Å². The van der Waals surface area contributed by atoms with Crippen molar-refractivity contribution in [3.8, 4) is 5.75 Å². The van der Waals surface area contributed by atoms with Gasteiger partial charge in [-0.2, -0.15) is 13.2 Å². The largest absolute Gasteiger partial charge is 0.497 e. The molecule has 4 rings (SSSR count). The Labute approximate surface area is 183 Å². The Hall–Kier alpha value is -3.36. The first kappa shape index (κ1) is 21.9. The predicted molar refractivity (Wildman–Crippen MR) is 115 cm³/mol. The number of rotatable bonds is 5. The molecule has 2 aromatic heterocycles. The van der Waals surface area contributed by atoms with Crippen LogP contribution in [0.1, 0.15) is 28.9 Å². The van der Waals surface area contributed by atoms with Gasteiger partial charge in [0.05, 0.1) is 12.6 Å². The molecule has 0 bridgehead atoms. The third kappa shape index (κ3) is 4.76. The van der Waals surface area contributed by atoms with Gasteiger partial charge in [-0.25, -0.2) is 9.97 Å². The molecule has 1 aliphatic rings. The number of pyridine rings is 2. The Morgan fingerprint density at radius 1 is 1.19 bits per heavy atom. The molecule has 168 valence electrons. The first-order chi connectivity index (χ1) is 15.3. The number of aromatic nitrogens is 2. The monoisotopic (exact) mass is 444 g/mol. The zero-order chi connectivity index (χ0) is 22.7. The maximum Gasteiger partial charge on any atom is 0.433 e. The minimum atomic E-state index is -4.48. The number of carbonyl (C=O) groups excluding carboxylic acids is 1. The van der Waals surface area contributed by atoms with Crippen LogP contribution in [0.3, 0.4) is 0 Å². The summed E-state index contributed by atoms with van der Waals surface area (Å²) < 4.78 is 43.9. The average molecular weight is 444 g/mol. The van der Waals surface area contributed by atoms with Gasteiger partial charge in [0.25, 0.3) is 5.91 Å². The fraction of sp³-hybridized carbons (Fsp3) is 0.348. The van der Waals surface area contributed by atoms with Gasteiger partial charge in [0, 0.05) is 36.8 Å². The average Bonchev–Trinajstić information content (AvgIpc) is 2.81. The number of ether oxygens (including phenoxy) is 1. The number of methoxy groups -OCH3 is 1. The van der Waals surface area contributed by atoms with Crippen molar-refractivity contribution in [2.75, 3.05) is 32.1 Å². The Morgan fingerprint density at radius 2 is 1.97 bits per heavy atom. The van der Waals surface area contributed by atoms with E-state index in [1.807, 2.05) is 4.90 Å². The van der Waals surface area contributed by atoms with Crippen molar-refractivity contribution in [1.82, 2.24) is 14.9 Å². The fourth-order valence-electron chi connectivity index (χ4n) is 3.87. The molecule has 0 atom stereocenters. The number of hydrogen-bond acceptors (Lipinski definition) is 5. The summed E-state index contributed by atoms with van der Waals surface area (Å²) >= 11 is 0. The van der Waals surface area contributed by atoms with Gasteiger partial charge in [0.2, 0.25) is 0 Å². The van der Waals surface area contributed by atoms with E-state index in [1.54, 1.807) is 31.4 Å². The lowest BCUT2D eigenvalue weighted by Crippen LogP contribution is -2.39. The van der Waals surface area contributed by atoms with Gasteiger partial charge in [-0.3, -0.25) is 4.79 Å². The van der Waals surface area contributed by atoms with Gasteiger partial charge in [-0.1, -0.05) is 6.07 Å². The van der Waals surface area contributed by atoms with Crippen molar-refractivity contribution < 1.29 is 22.7 Å². The molecule has 0 unspecified atom stereocenters. The number of nitrogens with one attached hydrogen (secondary N) is 1. The lowest BCUT2D eigenvalue weighted by Gasteiger charge is -2.32. The van der Waals surface area contributed by atoms with Crippen LogP contribution in [0.25, 0.3) is 10.9 Å². The van der Waals surface area contributed by atoms with Crippen LogP contribution in [-0.2, 0) is 6.18 Å². The highest BCUT2D eigenvalue weighted by Gasteiger charge is 2.32. The maximum atomic E-state index is 12.9.